The molecule has 1 aromatic heterocycles. The van der Waals surface area contributed by atoms with Gasteiger partial charge in [0.15, 0.2) is 16.6 Å². The first-order chi connectivity index (χ1) is 12.6. The molecule has 0 aliphatic rings. The molecule has 0 atom stereocenters. The second-order valence-corrected chi connectivity index (χ2v) is 6.24. The summed E-state index contributed by atoms with van der Waals surface area (Å²) in [6.45, 7) is 0. The third-order valence-electron chi connectivity index (χ3n) is 3.70. The van der Waals surface area contributed by atoms with E-state index < -0.39 is 0 Å². The summed E-state index contributed by atoms with van der Waals surface area (Å²) in [6, 6.07) is 8.62. The maximum Gasteiger partial charge on any atom is 0.255 e. The number of thiazole rings is 1. The van der Waals surface area contributed by atoms with Gasteiger partial charge in [-0.2, -0.15) is 0 Å². The Morgan fingerprint density at radius 2 is 1.77 bits per heavy atom. The number of hydrogen-bond acceptors (Lipinski definition) is 8. The highest BCUT2D eigenvalue weighted by Crippen LogP contribution is 2.38. The standard InChI is InChI=1S/C17H18N4O4S/c1-23-12-6-9(7-13(24-2)15(12)25-3)16(22)19-10-4-5-11-14(8-10)26-17(20-11)21-18/h4-8H,18H2,1-3H3,(H,19,22)(H,20,21). The Bertz CT molecular complexity index is 932. The number of ether oxygens (including phenoxy) is 3. The van der Waals surface area contributed by atoms with Gasteiger partial charge >= 0.3 is 0 Å². The summed E-state index contributed by atoms with van der Waals surface area (Å²) in [6.07, 6.45) is 0. The van der Waals surface area contributed by atoms with Crippen LogP contribution < -0.4 is 30.8 Å². The molecule has 0 saturated carbocycles. The number of nitrogen functional groups attached to an aromatic ring is 1. The molecule has 1 amide bonds. The molecule has 26 heavy (non-hydrogen) atoms. The number of carbonyl (C=O) groups is 1. The van der Waals surface area contributed by atoms with Gasteiger partial charge in [0.1, 0.15) is 0 Å². The van der Waals surface area contributed by atoms with Crippen molar-refractivity contribution in [3.05, 3.63) is 35.9 Å². The van der Waals surface area contributed by atoms with Gasteiger partial charge in [0, 0.05) is 11.3 Å². The zero-order chi connectivity index (χ0) is 18.7. The average Bonchev–Trinajstić information content (AvgIpc) is 3.09. The fraction of sp³-hybridized carbons (Fsp3) is 0.176. The number of aromatic nitrogens is 1. The highest BCUT2D eigenvalue weighted by molar-refractivity contribution is 7.22. The molecule has 8 nitrogen and oxygen atoms in total. The van der Waals surface area contributed by atoms with Crippen molar-refractivity contribution in [1.82, 2.24) is 4.98 Å². The van der Waals surface area contributed by atoms with Crippen LogP contribution in [0.2, 0.25) is 0 Å². The summed E-state index contributed by atoms with van der Waals surface area (Å²) in [5.41, 5.74) is 4.34. The summed E-state index contributed by atoms with van der Waals surface area (Å²) in [5.74, 6) is 6.33. The Kier molecular flexibility index (Phi) is 5.10. The van der Waals surface area contributed by atoms with Crippen LogP contribution in [0.3, 0.4) is 0 Å². The molecule has 136 valence electrons. The van der Waals surface area contributed by atoms with Crippen molar-refractivity contribution in [2.24, 2.45) is 5.84 Å². The number of hydrogen-bond donors (Lipinski definition) is 3. The molecule has 0 bridgehead atoms. The van der Waals surface area contributed by atoms with E-state index in [-0.39, 0.29) is 5.91 Å². The molecule has 2 aromatic carbocycles. The average molecular weight is 374 g/mol. The number of hydrazine groups is 1. The van der Waals surface area contributed by atoms with Gasteiger partial charge < -0.3 is 19.5 Å². The van der Waals surface area contributed by atoms with Crippen molar-refractivity contribution in [3.8, 4) is 17.2 Å². The van der Waals surface area contributed by atoms with E-state index in [0.717, 1.165) is 10.2 Å². The van der Waals surface area contributed by atoms with Gasteiger partial charge in [0.05, 0.1) is 31.5 Å². The Labute approximate surface area is 153 Å². The highest BCUT2D eigenvalue weighted by Gasteiger charge is 2.17. The smallest absolute Gasteiger partial charge is 0.255 e. The second kappa shape index (κ2) is 7.46. The van der Waals surface area contributed by atoms with E-state index >= 15 is 0 Å². The quantitative estimate of drug-likeness (QED) is 0.450. The minimum atomic E-state index is -0.301. The molecule has 3 aromatic rings. The van der Waals surface area contributed by atoms with Crippen molar-refractivity contribution in [3.63, 3.8) is 0 Å². The minimum absolute atomic E-state index is 0.301. The number of nitrogens with two attached hydrogens (primary N) is 1. The van der Waals surface area contributed by atoms with Crippen LogP contribution in [0.15, 0.2) is 30.3 Å². The fourth-order valence-electron chi connectivity index (χ4n) is 2.48. The predicted molar refractivity (Wildman–Crippen MR) is 101 cm³/mol. The molecule has 0 unspecified atom stereocenters. The molecule has 0 spiro atoms. The normalized spacial score (nSPS) is 10.5. The van der Waals surface area contributed by atoms with E-state index in [9.17, 15) is 4.79 Å². The number of benzene rings is 2. The summed E-state index contributed by atoms with van der Waals surface area (Å²) in [4.78, 5) is 16.9. The monoisotopic (exact) mass is 374 g/mol. The number of anilines is 2. The van der Waals surface area contributed by atoms with Gasteiger partial charge in [0.2, 0.25) is 5.75 Å². The molecule has 0 fully saturated rings. The van der Waals surface area contributed by atoms with E-state index in [1.807, 2.05) is 12.1 Å². The molecular formula is C17H18N4O4S. The Morgan fingerprint density at radius 1 is 1.08 bits per heavy atom. The van der Waals surface area contributed by atoms with Gasteiger partial charge in [-0.3, -0.25) is 10.2 Å². The molecule has 1 heterocycles. The Morgan fingerprint density at radius 3 is 2.35 bits per heavy atom. The first-order valence-electron chi connectivity index (χ1n) is 7.58. The Balaban J connectivity index is 1.90. The third-order valence-corrected chi connectivity index (χ3v) is 4.65. The van der Waals surface area contributed by atoms with Crippen LogP contribution in [-0.4, -0.2) is 32.2 Å². The van der Waals surface area contributed by atoms with Crippen molar-refractivity contribution in [2.45, 2.75) is 0 Å². The van der Waals surface area contributed by atoms with E-state index in [4.69, 9.17) is 20.1 Å². The molecule has 3 rings (SSSR count). The van der Waals surface area contributed by atoms with Crippen LogP contribution >= 0.6 is 11.3 Å². The van der Waals surface area contributed by atoms with Gasteiger partial charge in [-0.25, -0.2) is 10.8 Å². The van der Waals surface area contributed by atoms with Crippen molar-refractivity contribution < 1.29 is 19.0 Å². The third kappa shape index (κ3) is 3.35. The largest absolute Gasteiger partial charge is 0.493 e. The minimum Gasteiger partial charge on any atom is -0.493 e. The molecule has 0 saturated heterocycles. The van der Waals surface area contributed by atoms with E-state index in [2.05, 4.69) is 15.7 Å². The van der Waals surface area contributed by atoms with E-state index in [0.29, 0.717) is 33.6 Å². The van der Waals surface area contributed by atoms with Gasteiger partial charge in [-0.05, 0) is 30.3 Å². The summed E-state index contributed by atoms with van der Waals surface area (Å²) in [7, 11) is 4.51. The topological polar surface area (TPSA) is 108 Å². The molecule has 0 aliphatic heterocycles. The Hall–Kier alpha value is -3.04. The molecule has 0 aliphatic carbocycles. The van der Waals surface area contributed by atoms with Crippen molar-refractivity contribution in [1.29, 1.82) is 0 Å². The molecule has 9 heteroatoms. The zero-order valence-corrected chi connectivity index (χ0v) is 15.3. The van der Waals surface area contributed by atoms with Crippen LogP contribution in [0, 0.1) is 0 Å². The van der Waals surface area contributed by atoms with Gasteiger partial charge in [-0.1, -0.05) is 11.3 Å². The number of carbonyl (C=O) groups excluding carboxylic acids is 1. The van der Waals surface area contributed by atoms with Crippen LogP contribution in [0.5, 0.6) is 17.2 Å². The maximum atomic E-state index is 12.6. The molecule has 4 N–H and O–H groups in total. The number of amides is 1. The van der Waals surface area contributed by atoms with Crippen LogP contribution in [-0.2, 0) is 0 Å². The van der Waals surface area contributed by atoms with Crippen molar-refractivity contribution in [2.75, 3.05) is 32.1 Å². The van der Waals surface area contributed by atoms with Gasteiger partial charge in [-0.15, -0.1) is 0 Å². The van der Waals surface area contributed by atoms with E-state index in [1.54, 1.807) is 18.2 Å². The van der Waals surface area contributed by atoms with Crippen LogP contribution in [0.1, 0.15) is 10.4 Å². The molecular weight excluding hydrogens is 356 g/mol. The number of nitrogens with one attached hydrogen (secondary N) is 2. The number of nitrogens with zero attached hydrogens (tertiary/aromatic N) is 1. The number of fused-ring (bicyclic) bond motifs is 1. The van der Waals surface area contributed by atoms with E-state index in [1.165, 1.54) is 32.7 Å². The fourth-order valence-corrected chi connectivity index (χ4v) is 3.29. The van der Waals surface area contributed by atoms with Crippen LogP contribution in [0.4, 0.5) is 10.8 Å². The predicted octanol–water partition coefficient (Wildman–Crippen LogP) is 2.86. The maximum absolute atomic E-state index is 12.6. The lowest BCUT2D eigenvalue weighted by Crippen LogP contribution is -2.12. The van der Waals surface area contributed by atoms with Gasteiger partial charge in [0.25, 0.3) is 5.91 Å². The summed E-state index contributed by atoms with van der Waals surface area (Å²) >= 11 is 1.40. The number of rotatable bonds is 6. The molecule has 0 radical (unpaired) electrons. The summed E-state index contributed by atoms with van der Waals surface area (Å²) < 4.78 is 16.7. The highest BCUT2D eigenvalue weighted by atomic mass is 32.1. The lowest BCUT2D eigenvalue weighted by Gasteiger charge is -2.14. The lowest BCUT2D eigenvalue weighted by atomic mass is 10.1. The zero-order valence-electron chi connectivity index (χ0n) is 14.5. The first-order valence-corrected chi connectivity index (χ1v) is 8.39. The number of methoxy groups -OCH3 is 3. The second-order valence-electron chi connectivity index (χ2n) is 5.21. The first kappa shape index (κ1) is 17.8. The lowest BCUT2D eigenvalue weighted by molar-refractivity contribution is 0.102. The van der Waals surface area contributed by atoms with Crippen LogP contribution in [0.25, 0.3) is 10.2 Å². The summed E-state index contributed by atoms with van der Waals surface area (Å²) in [5, 5.41) is 3.46. The SMILES string of the molecule is COc1cc(C(=O)Nc2ccc3nc(NN)sc3c2)cc(OC)c1OC. The van der Waals surface area contributed by atoms with Crippen molar-refractivity contribution >= 4 is 38.3 Å².